The van der Waals surface area contributed by atoms with Crippen LogP contribution in [0, 0.1) is 5.41 Å². The maximum Gasteiger partial charge on any atom is 0.313 e. The number of ketones is 1. The summed E-state index contributed by atoms with van der Waals surface area (Å²) in [5.41, 5.74) is 0.110. The lowest BCUT2D eigenvalue weighted by Crippen LogP contribution is -2.26. The predicted octanol–water partition coefficient (Wildman–Crippen LogP) is 4.56. The van der Waals surface area contributed by atoms with E-state index in [0.29, 0.717) is 0 Å². The molecule has 1 heterocycles. The van der Waals surface area contributed by atoms with E-state index in [2.05, 4.69) is 35.5 Å². The largest absolute Gasteiger partial charge is 0.469 e. The molecule has 0 saturated carbocycles. The summed E-state index contributed by atoms with van der Waals surface area (Å²) in [5, 5.41) is 0. The number of aromatic nitrogens is 2. The molecule has 0 spiro atoms. The average molecular weight is 397 g/mol. The number of esters is 1. The fraction of sp³-hybridized carbons (Fsp3) is 0.727. The highest BCUT2D eigenvalue weighted by atomic mass is 16.5. The molecule has 0 aliphatic carbocycles. The van der Waals surface area contributed by atoms with Crippen LogP contribution in [0.2, 0.25) is 0 Å². The molecule has 0 atom stereocenters. The standard InChI is InChI=1S/C12H20N2O.C8H14O3.C2H6/c1-11(2,3)8-7-9(15)14-10(13-8)12(4,5)6;1-8(2,3)6(9)5-7(10)11-4;1-2/h7H,1-6H3,(H,13,14,15);5H2,1-4H3;1-2H3. The van der Waals surface area contributed by atoms with Crippen molar-refractivity contribution in [2.75, 3.05) is 7.11 Å². The monoisotopic (exact) mass is 396 g/mol. The third-order valence-corrected chi connectivity index (χ3v) is 3.59. The number of H-pyrrole nitrogens is 1. The maximum absolute atomic E-state index is 11.5. The third kappa shape index (κ3) is 11.0. The highest BCUT2D eigenvalue weighted by molar-refractivity contribution is 5.98. The molecule has 0 saturated heterocycles. The Kier molecular flexibility index (Phi) is 11.2. The molecule has 1 aromatic heterocycles. The molecule has 1 rings (SSSR count). The van der Waals surface area contributed by atoms with Crippen molar-refractivity contribution in [3.8, 4) is 0 Å². The summed E-state index contributed by atoms with van der Waals surface area (Å²) in [6.07, 6.45) is -0.125. The quantitative estimate of drug-likeness (QED) is 0.585. The molecule has 1 N–H and O–H groups in total. The van der Waals surface area contributed by atoms with Crippen LogP contribution in [0.3, 0.4) is 0 Å². The second kappa shape index (κ2) is 11.1. The normalized spacial score (nSPS) is 11.4. The van der Waals surface area contributed by atoms with E-state index in [1.165, 1.54) is 7.11 Å². The van der Waals surface area contributed by atoms with Gasteiger partial charge in [0, 0.05) is 22.3 Å². The topological polar surface area (TPSA) is 89.1 Å². The maximum atomic E-state index is 11.5. The van der Waals surface area contributed by atoms with Crippen LogP contribution in [0.15, 0.2) is 10.9 Å². The zero-order valence-electron chi connectivity index (χ0n) is 19.9. The molecule has 0 radical (unpaired) electrons. The van der Waals surface area contributed by atoms with Gasteiger partial charge in [0.15, 0.2) is 0 Å². The van der Waals surface area contributed by atoms with Crippen molar-refractivity contribution in [2.24, 2.45) is 5.41 Å². The molecular weight excluding hydrogens is 356 g/mol. The van der Waals surface area contributed by atoms with E-state index in [9.17, 15) is 14.4 Å². The molecule has 0 fully saturated rings. The summed E-state index contributed by atoms with van der Waals surface area (Å²) in [6, 6.07) is 1.58. The van der Waals surface area contributed by atoms with Gasteiger partial charge in [-0.05, 0) is 0 Å². The number of carbonyl (C=O) groups is 2. The summed E-state index contributed by atoms with van der Waals surface area (Å²) >= 11 is 0. The van der Waals surface area contributed by atoms with Crippen LogP contribution >= 0.6 is 0 Å². The Morgan fingerprint density at radius 3 is 1.75 bits per heavy atom. The fourth-order valence-electron chi connectivity index (χ4n) is 1.67. The van der Waals surface area contributed by atoms with E-state index >= 15 is 0 Å². The molecule has 0 aromatic carbocycles. The molecular formula is C22H40N2O4. The summed E-state index contributed by atoms with van der Waals surface area (Å²) in [6.45, 7) is 21.6. The van der Waals surface area contributed by atoms with Crippen LogP contribution in [-0.2, 0) is 25.2 Å². The van der Waals surface area contributed by atoms with Crippen molar-refractivity contribution in [1.82, 2.24) is 9.97 Å². The van der Waals surface area contributed by atoms with Crippen molar-refractivity contribution < 1.29 is 14.3 Å². The molecule has 0 bridgehead atoms. The number of methoxy groups -OCH3 is 1. The number of hydrogen-bond donors (Lipinski definition) is 1. The number of ether oxygens (including phenoxy) is 1. The molecule has 0 amide bonds. The minimum Gasteiger partial charge on any atom is -0.469 e. The van der Waals surface area contributed by atoms with Crippen LogP contribution in [0.4, 0.5) is 0 Å². The van der Waals surface area contributed by atoms with Crippen LogP contribution in [0.25, 0.3) is 0 Å². The van der Waals surface area contributed by atoms with Gasteiger partial charge >= 0.3 is 5.97 Å². The van der Waals surface area contributed by atoms with Crippen molar-refractivity contribution in [3.05, 3.63) is 27.9 Å². The minimum atomic E-state index is -0.468. The number of aromatic amines is 1. The summed E-state index contributed by atoms with van der Waals surface area (Å²) < 4.78 is 4.36. The number of nitrogens with zero attached hydrogens (tertiary/aromatic N) is 1. The average Bonchev–Trinajstić information content (AvgIpc) is 2.54. The third-order valence-electron chi connectivity index (χ3n) is 3.59. The van der Waals surface area contributed by atoms with Gasteiger partial charge in [0.2, 0.25) is 0 Å². The predicted molar refractivity (Wildman–Crippen MR) is 115 cm³/mol. The van der Waals surface area contributed by atoms with E-state index in [-0.39, 0.29) is 28.6 Å². The van der Waals surface area contributed by atoms with Gasteiger partial charge in [-0.15, -0.1) is 0 Å². The molecule has 6 nitrogen and oxygen atoms in total. The summed E-state index contributed by atoms with van der Waals surface area (Å²) in [5.74, 6) is 0.189. The first-order valence-corrected chi connectivity index (χ1v) is 9.71. The zero-order chi connectivity index (χ0) is 22.9. The number of carbonyl (C=O) groups excluding carboxylic acids is 2. The molecule has 0 aliphatic heterocycles. The van der Waals surface area contributed by atoms with Crippen LogP contribution in [0.5, 0.6) is 0 Å². The smallest absolute Gasteiger partial charge is 0.313 e. The first-order chi connectivity index (χ1) is 12.5. The van der Waals surface area contributed by atoms with Crippen molar-refractivity contribution in [1.29, 1.82) is 0 Å². The Balaban J connectivity index is 0. The van der Waals surface area contributed by atoms with E-state index in [1.807, 2.05) is 34.6 Å². The molecule has 162 valence electrons. The molecule has 0 aliphatic rings. The highest BCUT2D eigenvalue weighted by Gasteiger charge is 2.24. The molecule has 0 unspecified atom stereocenters. The van der Waals surface area contributed by atoms with Gasteiger partial charge < -0.3 is 9.72 Å². The van der Waals surface area contributed by atoms with E-state index < -0.39 is 11.4 Å². The second-order valence-electron chi connectivity index (χ2n) is 9.41. The van der Waals surface area contributed by atoms with Crippen LogP contribution < -0.4 is 5.56 Å². The van der Waals surface area contributed by atoms with Crippen molar-refractivity contribution in [3.63, 3.8) is 0 Å². The number of hydrogen-bond acceptors (Lipinski definition) is 5. The zero-order valence-corrected chi connectivity index (χ0v) is 19.9. The Hall–Kier alpha value is -1.98. The van der Waals surface area contributed by atoms with Gasteiger partial charge in [0.05, 0.1) is 12.8 Å². The van der Waals surface area contributed by atoms with E-state index in [1.54, 1.807) is 26.8 Å². The fourth-order valence-corrected chi connectivity index (χ4v) is 1.67. The lowest BCUT2D eigenvalue weighted by molar-refractivity contribution is -0.145. The molecule has 28 heavy (non-hydrogen) atoms. The second-order valence-corrected chi connectivity index (χ2v) is 9.41. The van der Waals surface area contributed by atoms with Gasteiger partial charge in [-0.3, -0.25) is 14.4 Å². The van der Waals surface area contributed by atoms with Crippen molar-refractivity contribution >= 4 is 11.8 Å². The van der Waals surface area contributed by atoms with E-state index in [0.717, 1.165) is 11.5 Å². The lowest BCUT2D eigenvalue weighted by atomic mass is 9.89. The first-order valence-electron chi connectivity index (χ1n) is 9.71. The van der Waals surface area contributed by atoms with Gasteiger partial charge in [0.25, 0.3) is 5.56 Å². The Bertz CT molecular complexity index is 649. The van der Waals surface area contributed by atoms with Crippen LogP contribution in [0.1, 0.15) is 94.1 Å². The highest BCUT2D eigenvalue weighted by Crippen LogP contribution is 2.22. The van der Waals surface area contributed by atoms with Crippen LogP contribution in [-0.4, -0.2) is 28.8 Å². The number of rotatable bonds is 2. The summed E-state index contributed by atoms with van der Waals surface area (Å²) in [4.78, 5) is 40.6. The van der Waals surface area contributed by atoms with Gasteiger partial charge in [-0.2, -0.15) is 0 Å². The lowest BCUT2D eigenvalue weighted by Gasteiger charge is -2.22. The number of Topliss-reactive ketones (excluding diaryl/α,β-unsaturated/α-hetero) is 1. The first kappa shape index (κ1) is 28.2. The van der Waals surface area contributed by atoms with Gasteiger partial charge in [-0.1, -0.05) is 76.2 Å². The molecule has 1 aromatic rings. The van der Waals surface area contributed by atoms with Crippen molar-refractivity contribution in [2.45, 2.75) is 93.4 Å². The van der Waals surface area contributed by atoms with E-state index in [4.69, 9.17) is 0 Å². The van der Waals surface area contributed by atoms with Gasteiger partial charge in [-0.25, -0.2) is 4.98 Å². The Morgan fingerprint density at radius 2 is 1.43 bits per heavy atom. The van der Waals surface area contributed by atoms with Gasteiger partial charge in [0.1, 0.15) is 18.0 Å². The number of nitrogens with one attached hydrogen (secondary N) is 1. The molecule has 6 heteroatoms. The minimum absolute atomic E-state index is 0.0696. The SMILES string of the molecule is CC.CC(C)(C)c1cc(=O)[nH]c(C(C)(C)C)n1.COC(=O)CC(=O)C(C)(C)C. The Labute approximate surface area is 170 Å². The summed E-state index contributed by atoms with van der Waals surface area (Å²) in [7, 11) is 1.28. The Morgan fingerprint density at radius 1 is 0.964 bits per heavy atom.